The van der Waals surface area contributed by atoms with E-state index in [1.54, 1.807) is 24.3 Å². The fraction of sp³-hybridized carbons (Fsp3) is 0.286. The summed E-state index contributed by atoms with van der Waals surface area (Å²) in [6, 6.07) is 10.2. The molecule has 30 heavy (non-hydrogen) atoms. The molecule has 1 saturated carbocycles. The van der Waals surface area contributed by atoms with E-state index in [0.29, 0.717) is 30.6 Å². The molecule has 1 fully saturated rings. The van der Waals surface area contributed by atoms with Gasteiger partial charge < -0.3 is 10.6 Å². The van der Waals surface area contributed by atoms with Gasteiger partial charge in [0.25, 0.3) is 27.7 Å². The minimum Gasteiger partial charge on any atom is -0.352 e. The van der Waals surface area contributed by atoms with Gasteiger partial charge in [-0.25, -0.2) is 12.7 Å². The fourth-order valence-corrected chi connectivity index (χ4v) is 5.18. The zero-order valence-electron chi connectivity index (χ0n) is 16.3. The van der Waals surface area contributed by atoms with Crippen LogP contribution in [0.5, 0.6) is 0 Å². The molecule has 4 rings (SSSR count). The average molecular weight is 427 g/mol. The molecule has 2 aliphatic rings. The van der Waals surface area contributed by atoms with Crippen LogP contribution in [0.4, 0.5) is 5.69 Å². The molecule has 0 saturated heterocycles. The summed E-state index contributed by atoms with van der Waals surface area (Å²) in [5.41, 5.74) is 1.02. The van der Waals surface area contributed by atoms with Gasteiger partial charge in [-0.2, -0.15) is 0 Å². The molecule has 3 amide bonds. The van der Waals surface area contributed by atoms with Crippen LogP contribution in [0.1, 0.15) is 57.3 Å². The van der Waals surface area contributed by atoms with E-state index < -0.39 is 21.8 Å². The molecule has 1 heterocycles. The lowest BCUT2D eigenvalue weighted by atomic mass is 10.1. The highest BCUT2D eigenvalue weighted by atomic mass is 32.2. The average Bonchev–Trinajstić information content (AvgIpc) is 3.53. The quantitative estimate of drug-likeness (QED) is 0.735. The van der Waals surface area contributed by atoms with E-state index in [4.69, 9.17) is 0 Å². The molecule has 156 valence electrons. The number of anilines is 1. The first-order valence-corrected chi connectivity index (χ1v) is 11.2. The number of nitrogens with one attached hydrogen (secondary N) is 2. The van der Waals surface area contributed by atoms with Gasteiger partial charge in [-0.3, -0.25) is 14.4 Å². The van der Waals surface area contributed by atoms with Gasteiger partial charge in [-0.15, -0.1) is 0 Å². The molecular formula is C21H21N3O5S. The molecule has 0 unspecified atom stereocenters. The lowest BCUT2D eigenvalue weighted by Gasteiger charge is -2.13. The van der Waals surface area contributed by atoms with Crippen molar-refractivity contribution < 1.29 is 22.8 Å². The smallest absolute Gasteiger partial charge is 0.269 e. The first-order chi connectivity index (χ1) is 14.3. The Kier molecular flexibility index (Phi) is 5.07. The maximum Gasteiger partial charge on any atom is 0.269 e. The number of fused-ring (bicyclic) bond motifs is 1. The number of rotatable bonds is 6. The van der Waals surface area contributed by atoms with E-state index in [0.717, 1.165) is 10.7 Å². The van der Waals surface area contributed by atoms with Gasteiger partial charge in [0.2, 0.25) is 0 Å². The van der Waals surface area contributed by atoms with Crippen LogP contribution in [0, 0.1) is 0 Å². The number of hydrogen-bond donors (Lipinski definition) is 2. The third-order valence-corrected chi connectivity index (χ3v) is 6.88. The molecule has 0 radical (unpaired) electrons. The van der Waals surface area contributed by atoms with Crippen LogP contribution in [0.25, 0.3) is 0 Å². The van der Waals surface area contributed by atoms with E-state index in [1.807, 2.05) is 6.92 Å². The first kappa shape index (κ1) is 20.1. The largest absolute Gasteiger partial charge is 0.352 e. The van der Waals surface area contributed by atoms with E-state index in [9.17, 15) is 22.8 Å². The Hall–Kier alpha value is -3.20. The summed E-state index contributed by atoms with van der Waals surface area (Å²) in [5, 5.41) is 5.44. The molecule has 9 heteroatoms. The SMILES string of the molecule is CCCNC(=O)c1cccc(NC(=O)c2ccc3c(c2)S(=O)(=O)N(C2CC2)C3=O)c1. The lowest BCUT2D eigenvalue weighted by molar-refractivity contribution is 0.0863. The fourth-order valence-electron chi connectivity index (χ4n) is 3.34. The van der Waals surface area contributed by atoms with Gasteiger partial charge in [0.05, 0.1) is 5.56 Å². The van der Waals surface area contributed by atoms with Crippen LogP contribution in [-0.4, -0.2) is 43.0 Å². The monoisotopic (exact) mass is 427 g/mol. The van der Waals surface area contributed by atoms with E-state index >= 15 is 0 Å². The topological polar surface area (TPSA) is 113 Å². The standard InChI is InChI=1S/C21H21N3O5S/c1-2-10-22-19(25)13-4-3-5-15(11-13)23-20(26)14-6-9-17-18(12-14)30(28,29)24(21(17)27)16-7-8-16/h3-6,9,11-12,16H,2,7-8,10H2,1H3,(H,22,25)(H,23,26). The van der Waals surface area contributed by atoms with Gasteiger partial charge in [-0.05, 0) is 55.7 Å². The van der Waals surface area contributed by atoms with Crippen molar-refractivity contribution >= 4 is 33.4 Å². The third kappa shape index (κ3) is 3.56. The van der Waals surface area contributed by atoms with Crippen LogP contribution < -0.4 is 10.6 Å². The van der Waals surface area contributed by atoms with Crippen molar-refractivity contribution in [2.24, 2.45) is 0 Å². The Morgan fingerprint density at radius 1 is 1.07 bits per heavy atom. The van der Waals surface area contributed by atoms with Crippen molar-refractivity contribution in [1.82, 2.24) is 9.62 Å². The second kappa shape index (κ2) is 7.56. The first-order valence-electron chi connectivity index (χ1n) is 9.75. The molecule has 0 atom stereocenters. The molecule has 0 spiro atoms. The zero-order valence-corrected chi connectivity index (χ0v) is 17.2. The maximum atomic E-state index is 12.7. The van der Waals surface area contributed by atoms with E-state index in [2.05, 4.69) is 10.6 Å². The summed E-state index contributed by atoms with van der Waals surface area (Å²) >= 11 is 0. The summed E-state index contributed by atoms with van der Waals surface area (Å²) < 4.78 is 26.4. The Morgan fingerprint density at radius 3 is 2.50 bits per heavy atom. The van der Waals surface area contributed by atoms with Gasteiger partial charge in [0.1, 0.15) is 4.90 Å². The number of benzene rings is 2. The summed E-state index contributed by atoms with van der Waals surface area (Å²) in [7, 11) is -3.94. The summed E-state index contributed by atoms with van der Waals surface area (Å²) in [5.74, 6) is -1.31. The number of carbonyl (C=O) groups excluding carboxylic acids is 3. The van der Waals surface area contributed by atoms with Crippen LogP contribution >= 0.6 is 0 Å². The summed E-state index contributed by atoms with van der Waals surface area (Å²) in [4.78, 5) is 37.1. The highest BCUT2D eigenvalue weighted by molar-refractivity contribution is 7.90. The Morgan fingerprint density at radius 2 is 1.80 bits per heavy atom. The molecule has 8 nitrogen and oxygen atoms in total. The number of hydrogen-bond acceptors (Lipinski definition) is 5. The van der Waals surface area contributed by atoms with Crippen LogP contribution in [0.15, 0.2) is 47.4 Å². The number of nitrogens with zero attached hydrogens (tertiary/aromatic N) is 1. The van der Waals surface area contributed by atoms with Crippen LogP contribution in [-0.2, 0) is 10.0 Å². The zero-order chi connectivity index (χ0) is 21.5. The number of carbonyl (C=O) groups is 3. The minimum atomic E-state index is -3.94. The molecular weight excluding hydrogens is 406 g/mol. The van der Waals surface area contributed by atoms with Crippen molar-refractivity contribution in [2.75, 3.05) is 11.9 Å². The van der Waals surface area contributed by atoms with Crippen LogP contribution in [0.3, 0.4) is 0 Å². The lowest BCUT2D eigenvalue weighted by Crippen LogP contribution is -2.31. The Balaban J connectivity index is 1.56. The Bertz CT molecular complexity index is 1150. The van der Waals surface area contributed by atoms with Gasteiger partial charge in [0.15, 0.2) is 0 Å². The van der Waals surface area contributed by atoms with Crippen molar-refractivity contribution in [1.29, 1.82) is 0 Å². The molecule has 1 aliphatic heterocycles. The number of amides is 3. The van der Waals surface area contributed by atoms with Gasteiger partial charge in [-0.1, -0.05) is 13.0 Å². The maximum absolute atomic E-state index is 12.7. The summed E-state index contributed by atoms with van der Waals surface area (Å²) in [6.45, 7) is 2.50. The number of sulfonamides is 1. The van der Waals surface area contributed by atoms with Gasteiger partial charge >= 0.3 is 0 Å². The Labute approximate surface area is 174 Å². The van der Waals surface area contributed by atoms with E-state index in [1.165, 1.54) is 18.2 Å². The van der Waals surface area contributed by atoms with Crippen LogP contribution in [0.2, 0.25) is 0 Å². The van der Waals surface area contributed by atoms with Gasteiger partial charge in [0, 0.05) is 29.4 Å². The second-order valence-electron chi connectivity index (χ2n) is 7.34. The molecule has 2 aromatic carbocycles. The third-order valence-electron chi connectivity index (χ3n) is 5.01. The summed E-state index contributed by atoms with van der Waals surface area (Å²) in [6.07, 6.45) is 2.13. The predicted octanol–water partition coefficient (Wildman–Crippen LogP) is 2.39. The van der Waals surface area contributed by atoms with Crippen molar-refractivity contribution in [3.63, 3.8) is 0 Å². The molecule has 0 aromatic heterocycles. The molecule has 2 aromatic rings. The van der Waals surface area contributed by atoms with Crippen molar-refractivity contribution in [3.8, 4) is 0 Å². The van der Waals surface area contributed by atoms with E-state index in [-0.39, 0.29) is 28.0 Å². The highest BCUT2D eigenvalue weighted by Gasteiger charge is 2.48. The van der Waals surface area contributed by atoms with Crippen molar-refractivity contribution in [3.05, 3.63) is 59.2 Å². The molecule has 1 aliphatic carbocycles. The highest BCUT2D eigenvalue weighted by Crippen LogP contribution is 2.39. The molecule has 0 bridgehead atoms. The molecule has 2 N–H and O–H groups in total. The predicted molar refractivity (Wildman–Crippen MR) is 110 cm³/mol. The normalized spacial score (nSPS) is 16.8. The minimum absolute atomic E-state index is 0.0908. The van der Waals surface area contributed by atoms with Crippen molar-refractivity contribution in [2.45, 2.75) is 37.1 Å². The second-order valence-corrected chi connectivity index (χ2v) is 9.12.